The number of hydrogen-bond acceptors (Lipinski definition) is 3. The SMILES string of the molecule is CCc1nn(-c2ccccc2)c2c1CN(C(=O)OC(C)(C)C)CC2. The Morgan fingerprint density at radius 3 is 2.58 bits per heavy atom. The first kappa shape index (κ1) is 16.6. The molecule has 1 aliphatic heterocycles. The Bertz CT molecular complexity index is 729. The summed E-state index contributed by atoms with van der Waals surface area (Å²) in [6.45, 7) is 9.01. The average Bonchev–Trinajstić information content (AvgIpc) is 2.92. The average molecular weight is 327 g/mol. The minimum Gasteiger partial charge on any atom is -0.444 e. The van der Waals surface area contributed by atoms with Gasteiger partial charge < -0.3 is 9.64 Å². The number of aryl methyl sites for hydroxylation is 1. The standard InChI is InChI=1S/C19H25N3O2/c1-5-16-15-13-21(18(23)24-19(2,3)4)12-11-17(15)22(20-16)14-9-7-6-8-10-14/h6-10H,5,11-13H2,1-4H3. The fraction of sp³-hybridized carbons (Fsp3) is 0.474. The highest BCUT2D eigenvalue weighted by atomic mass is 16.6. The molecule has 5 heteroatoms. The summed E-state index contributed by atoms with van der Waals surface area (Å²) in [4.78, 5) is 14.2. The minimum absolute atomic E-state index is 0.248. The van der Waals surface area contributed by atoms with Crippen molar-refractivity contribution in [2.45, 2.75) is 52.7 Å². The van der Waals surface area contributed by atoms with Crippen molar-refractivity contribution in [1.29, 1.82) is 0 Å². The molecular formula is C19H25N3O2. The maximum absolute atomic E-state index is 12.4. The van der Waals surface area contributed by atoms with E-state index in [1.54, 1.807) is 4.90 Å². The summed E-state index contributed by atoms with van der Waals surface area (Å²) in [6, 6.07) is 10.2. The third-order valence-electron chi connectivity index (χ3n) is 4.13. The number of aromatic nitrogens is 2. The third kappa shape index (κ3) is 3.30. The van der Waals surface area contributed by atoms with Crippen molar-refractivity contribution in [3.8, 4) is 5.69 Å². The lowest BCUT2D eigenvalue weighted by molar-refractivity contribution is 0.0222. The molecule has 3 rings (SSSR count). The van der Waals surface area contributed by atoms with Crippen LogP contribution in [0, 0.1) is 0 Å². The molecule has 1 aliphatic rings. The van der Waals surface area contributed by atoms with Gasteiger partial charge in [-0.05, 0) is 39.3 Å². The molecule has 0 radical (unpaired) electrons. The van der Waals surface area contributed by atoms with Crippen molar-refractivity contribution < 1.29 is 9.53 Å². The molecule has 1 amide bonds. The molecule has 2 heterocycles. The Kier molecular flexibility index (Phi) is 4.35. The van der Waals surface area contributed by atoms with Gasteiger partial charge in [-0.2, -0.15) is 5.10 Å². The lowest BCUT2D eigenvalue weighted by atomic mass is 10.0. The van der Waals surface area contributed by atoms with Crippen LogP contribution in [0.5, 0.6) is 0 Å². The summed E-state index contributed by atoms with van der Waals surface area (Å²) < 4.78 is 7.55. The molecule has 0 spiro atoms. The van der Waals surface area contributed by atoms with Gasteiger partial charge in [0, 0.05) is 18.5 Å². The lowest BCUT2D eigenvalue weighted by Gasteiger charge is -2.30. The van der Waals surface area contributed by atoms with Gasteiger partial charge in [-0.15, -0.1) is 0 Å². The van der Waals surface area contributed by atoms with E-state index in [2.05, 4.69) is 19.1 Å². The molecule has 0 bridgehead atoms. The highest BCUT2D eigenvalue weighted by Gasteiger charge is 2.29. The monoisotopic (exact) mass is 327 g/mol. The molecule has 0 unspecified atom stereocenters. The van der Waals surface area contributed by atoms with Crippen LogP contribution in [-0.4, -0.2) is 32.9 Å². The molecule has 0 saturated heterocycles. The Balaban J connectivity index is 1.89. The molecule has 0 fully saturated rings. The van der Waals surface area contributed by atoms with E-state index >= 15 is 0 Å². The summed E-state index contributed by atoms with van der Waals surface area (Å²) in [5.74, 6) is 0. The summed E-state index contributed by atoms with van der Waals surface area (Å²) in [5.41, 5.74) is 4.02. The van der Waals surface area contributed by atoms with Gasteiger partial charge in [-0.1, -0.05) is 25.1 Å². The number of rotatable bonds is 2. The Labute approximate surface area is 143 Å². The predicted octanol–water partition coefficient (Wildman–Crippen LogP) is 3.73. The normalized spacial score (nSPS) is 14.4. The molecule has 2 aromatic rings. The molecule has 0 aliphatic carbocycles. The van der Waals surface area contributed by atoms with Crippen molar-refractivity contribution >= 4 is 6.09 Å². The third-order valence-corrected chi connectivity index (χ3v) is 4.13. The number of carbonyl (C=O) groups is 1. The van der Waals surface area contributed by atoms with E-state index < -0.39 is 5.60 Å². The number of hydrogen-bond donors (Lipinski definition) is 0. The second kappa shape index (κ2) is 6.30. The van der Waals surface area contributed by atoms with Crippen LogP contribution >= 0.6 is 0 Å². The van der Waals surface area contributed by atoms with E-state index in [1.165, 1.54) is 11.3 Å². The van der Waals surface area contributed by atoms with Gasteiger partial charge in [0.1, 0.15) is 5.60 Å². The quantitative estimate of drug-likeness (QED) is 0.844. The fourth-order valence-electron chi connectivity index (χ4n) is 3.04. The van der Waals surface area contributed by atoms with E-state index in [0.29, 0.717) is 13.1 Å². The molecule has 0 N–H and O–H groups in total. The summed E-state index contributed by atoms with van der Waals surface area (Å²) >= 11 is 0. The highest BCUT2D eigenvalue weighted by Crippen LogP contribution is 2.26. The molecule has 128 valence electrons. The molecular weight excluding hydrogens is 302 g/mol. The Morgan fingerprint density at radius 1 is 1.25 bits per heavy atom. The number of amides is 1. The van der Waals surface area contributed by atoms with E-state index in [-0.39, 0.29) is 6.09 Å². The first-order valence-corrected chi connectivity index (χ1v) is 8.52. The van der Waals surface area contributed by atoms with Crippen molar-refractivity contribution in [3.63, 3.8) is 0 Å². The summed E-state index contributed by atoms with van der Waals surface area (Å²) in [6.07, 6.45) is 1.39. The van der Waals surface area contributed by atoms with E-state index in [4.69, 9.17) is 9.84 Å². The molecule has 0 atom stereocenters. The molecule has 0 saturated carbocycles. The highest BCUT2D eigenvalue weighted by molar-refractivity contribution is 5.68. The van der Waals surface area contributed by atoms with Crippen LogP contribution in [0.4, 0.5) is 4.79 Å². The zero-order chi connectivity index (χ0) is 17.3. The lowest BCUT2D eigenvalue weighted by Crippen LogP contribution is -2.40. The maximum atomic E-state index is 12.4. The van der Waals surface area contributed by atoms with Gasteiger partial charge >= 0.3 is 6.09 Å². The molecule has 1 aromatic carbocycles. The topological polar surface area (TPSA) is 47.4 Å². The van der Waals surface area contributed by atoms with E-state index in [1.807, 2.05) is 43.7 Å². The summed E-state index contributed by atoms with van der Waals surface area (Å²) in [5, 5.41) is 4.79. The fourth-order valence-corrected chi connectivity index (χ4v) is 3.04. The zero-order valence-electron chi connectivity index (χ0n) is 14.9. The molecule has 1 aromatic heterocycles. The van der Waals surface area contributed by atoms with Crippen molar-refractivity contribution in [3.05, 3.63) is 47.3 Å². The van der Waals surface area contributed by atoms with E-state index in [9.17, 15) is 4.79 Å². The first-order valence-electron chi connectivity index (χ1n) is 8.52. The van der Waals surface area contributed by atoms with Crippen LogP contribution in [0.3, 0.4) is 0 Å². The van der Waals surface area contributed by atoms with Gasteiger partial charge in [0.25, 0.3) is 0 Å². The van der Waals surface area contributed by atoms with Crippen molar-refractivity contribution in [2.75, 3.05) is 6.54 Å². The first-order chi connectivity index (χ1) is 11.4. The van der Waals surface area contributed by atoms with Crippen LogP contribution in [0.1, 0.15) is 44.6 Å². The molecule has 24 heavy (non-hydrogen) atoms. The largest absolute Gasteiger partial charge is 0.444 e. The minimum atomic E-state index is -0.473. The number of ether oxygens (including phenoxy) is 1. The number of para-hydroxylation sites is 1. The van der Waals surface area contributed by atoms with Crippen LogP contribution < -0.4 is 0 Å². The molecule has 5 nitrogen and oxygen atoms in total. The van der Waals surface area contributed by atoms with Crippen LogP contribution in [0.2, 0.25) is 0 Å². The number of nitrogens with zero attached hydrogens (tertiary/aromatic N) is 3. The van der Waals surface area contributed by atoms with Crippen molar-refractivity contribution in [1.82, 2.24) is 14.7 Å². The second-order valence-electron chi connectivity index (χ2n) is 7.12. The van der Waals surface area contributed by atoms with Gasteiger partial charge in [0.15, 0.2) is 0 Å². The van der Waals surface area contributed by atoms with Gasteiger partial charge in [-0.3, -0.25) is 0 Å². The van der Waals surface area contributed by atoms with Crippen LogP contribution in [-0.2, 0) is 24.1 Å². The smallest absolute Gasteiger partial charge is 0.410 e. The Morgan fingerprint density at radius 2 is 1.96 bits per heavy atom. The van der Waals surface area contributed by atoms with Gasteiger partial charge in [0.05, 0.1) is 23.6 Å². The van der Waals surface area contributed by atoms with Crippen LogP contribution in [0.25, 0.3) is 5.69 Å². The van der Waals surface area contributed by atoms with Gasteiger partial charge in [0.2, 0.25) is 0 Å². The van der Waals surface area contributed by atoms with Crippen molar-refractivity contribution in [2.24, 2.45) is 0 Å². The number of benzene rings is 1. The number of fused-ring (bicyclic) bond motifs is 1. The maximum Gasteiger partial charge on any atom is 0.410 e. The van der Waals surface area contributed by atoms with Gasteiger partial charge in [-0.25, -0.2) is 9.48 Å². The number of carbonyl (C=O) groups excluding carboxylic acids is 1. The van der Waals surface area contributed by atoms with E-state index in [0.717, 1.165) is 24.2 Å². The Hall–Kier alpha value is -2.30. The summed E-state index contributed by atoms with van der Waals surface area (Å²) in [7, 11) is 0. The zero-order valence-corrected chi connectivity index (χ0v) is 14.9. The second-order valence-corrected chi connectivity index (χ2v) is 7.12. The van der Waals surface area contributed by atoms with Crippen LogP contribution in [0.15, 0.2) is 30.3 Å². The predicted molar refractivity (Wildman–Crippen MR) is 93.3 cm³/mol.